The minimum atomic E-state index is -0.612. The Morgan fingerprint density at radius 2 is 1.94 bits per heavy atom. The molecule has 0 aromatic heterocycles. The predicted molar refractivity (Wildman–Crippen MR) is 66.0 cm³/mol. The molecular formula is C13H18F2N2O. The molecule has 0 aliphatic carbocycles. The van der Waals surface area contributed by atoms with Crippen molar-refractivity contribution in [1.29, 1.82) is 0 Å². The van der Waals surface area contributed by atoms with Gasteiger partial charge in [0.15, 0.2) is 0 Å². The van der Waals surface area contributed by atoms with E-state index in [1.165, 1.54) is 12.1 Å². The maximum absolute atomic E-state index is 12.9. The van der Waals surface area contributed by atoms with Gasteiger partial charge in [0, 0.05) is 12.6 Å². The standard InChI is InChI=1S/C13H18F2N2O/c1-2-3-12(16)13(18)17-5-4-9-6-10(14)8-11(15)7-9/h6-8,12H,2-5,16H2,1H3,(H,17,18)/t12-/m1/s1. The molecule has 0 aliphatic heterocycles. The molecule has 0 heterocycles. The van der Waals surface area contributed by atoms with Crippen LogP contribution >= 0.6 is 0 Å². The molecule has 3 nitrogen and oxygen atoms in total. The van der Waals surface area contributed by atoms with Crippen LogP contribution in [0.1, 0.15) is 25.3 Å². The highest BCUT2D eigenvalue weighted by Crippen LogP contribution is 2.08. The molecule has 5 heteroatoms. The molecule has 0 unspecified atom stereocenters. The van der Waals surface area contributed by atoms with Crippen LogP contribution in [0.5, 0.6) is 0 Å². The second-order valence-corrected chi connectivity index (χ2v) is 4.21. The van der Waals surface area contributed by atoms with E-state index in [-0.39, 0.29) is 5.91 Å². The number of halogens is 2. The maximum atomic E-state index is 12.9. The smallest absolute Gasteiger partial charge is 0.236 e. The Bertz CT molecular complexity index is 390. The van der Waals surface area contributed by atoms with E-state index in [2.05, 4.69) is 5.32 Å². The third-order valence-electron chi connectivity index (χ3n) is 2.57. The average molecular weight is 256 g/mol. The Balaban J connectivity index is 2.39. The molecule has 3 N–H and O–H groups in total. The van der Waals surface area contributed by atoms with Crippen molar-refractivity contribution >= 4 is 5.91 Å². The lowest BCUT2D eigenvalue weighted by atomic mass is 10.1. The highest BCUT2D eigenvalue weighted by Gasteiger charge is 2.11. The van der Waals surface area contributed by atoms with Gasteiger partial charge in [-0.3, -0.25) is 4.79 Å². The van der Waals surface area contributed by atoms with Gasteiger partial charge >= 0.3 is 0 Å². The minimum Gasteiger partial charge on any atom is -0.354 e. The molecule has 0 aliphatic rings. The molecule has 0 saturated heterocycles. The van der Waals surface area contributed by atoms with Crippen LogP contribution in [0.2, 0.25) is 0 Å². The SMILES string of the molecule is CCC[C@@H](N)C(=O)NCCc1cc(F)cc(F)c1. The van der Waals surface area contributed by atoms with Crippen molar-refractivity contribution in [3.63, 3.8) is 0 Å². The van der Waals surface area contributed by atoms with Crippen LogP contribution in [0, 0.1) is 11.6 Å². The first kappa shape index (κ1) is 14.6. The van der Waals surface area contributed by atoms with Crippen LogP contribution in [0.4, 0.5) is 8.78 Å². The second-order valence-electron chi connectivity index (χ2n) is 4.21. The summed E-state index contributed by atoms with van der Waals surface area (Å²) in [4.78, 5) is 11.5. The number of nitrogens with one attached hydrogen (secondary N) is 1. The lowest BCUT2D eigenvalue weighted by Crippen LogP contribution is -2.41. The van der Waals surface area contributed by atoms with Gasteiger partial charge in [0.05, 0.1) is 6.04 Å². The van der Waals surface area contributed by atoms with Crippen molar-refractivity contribution in [2.24, 2.45) is 5.73 Å². The van der Waals surface area contributed by atoms with Gasteiger partial charge in [-0.15, -0.1) is 0 Å². The Hall–Kier alpha value is -1.49. The van der Waals surface area contributed by atoms with E-state index in [1.54, 1.807) is 0 Å². The highest BCUT2D eigenvalue weighted by atomic mass is 19.1. The zero-order chi connectivity index (χ0) is 13.5. The van der Waals surface area contributed by atoms with Crippen molar-refractivity contribution in [3.05, 3.63) is 35.4 Å². The third kappa shape index (κ3) is 4.79. The van der Waals surface area contributed by atoms with Crippen LogP contribution in [0.15, 0.2) is 18.2 Å². The summed E-state index contributed by atoms with van der Waals surface area (Å²) in [6.45, 7) is 2.27. The van der Waals surface area contributed by atoms with E-state index < -0.39 is 17.7 Å². The van der Waals surface area contributed by atoms with Gasteiger partial charge in [0.2, 0.25) is 5.91 Å². The normalized spacial score (nSPS) is 12.2. The summed E-state index contributed by atoms with van der Waals surface area (Å²) in [7, 11) is 0. The molecule has 1 atom stereocenters. The van der Waals surface area contributed by atoms with E-state index in [0.717, 1.165) is 12.5 Å². The summed E-state index contributed by atoms with van der Waals surface area (Å²) >= 11 is 0. The van der Waals surface area contributed by atoms with E-state index in [9.17, 15) is 13.6 Å². The van der Waals surface area contributed by atoms with Gasteiger partial charge in [-0.05, 0) is 30.5 Å². The average Bonchev–Trinajstić information content (AvgIpc) is 2.27. The first-order valence-corrected chi connectivity index (χ1v) is 6.01. The lowest BCUT2D eigenvalue weighted by molar-refractivity contribution is -0.122. The molecule has 0 saturated carbocycles. The molecule has 1 aromatic carbocycles. The molecule has 1 aromatic rings. The van der Waals surface area contributed by atoms with E-state index in [4.69, 9.17) is 5.73 Å². The Labute approximate surface area is 105 Å². The number of hydrogen-bond donors (Lipinski definition) is 2. The summed E-state index contributed by atoms with van der Waals surface area (Å²) in [5.41, 5.74) is 6.13. The van der Waals surface area contributed by atoms with E-state index >= 15 is 0 Å². The number of benzene rings is 1. The quantitative estimate of drug-likeness (QED) is 0.814. The molecule has 0 fully saturated rings. The zero-order valence-corrected chi connectivity index (χ0v) is 10.4. The Morgan fingerprint density at radius 1 is 1.33 bits per heavy atom. The van der Waals surface area contributed by atoms with Gasteiger partial charge in [-0.1, -0.05) is 13.3 Å². The van der Waals surface area contributed by atoms with Crippen LogP contribution in [0.25, 0.3) is 0 Å². The van der Waals surface area contributed by atoms with E-state index in [0.29, 0.717) is 24.9 Å². The maximum Gasteiger partial charge on any atom is 0.236 e. The Kier molecular flexibility index (Phi) is 5.71. The highest BCUT2D eigenvalue weighted by molar-refractivity contribution is 5.81. The molecule has 0 spiro atoms. The molecule has 18 heavy (non-hydrogen) atoms. The monoisotopic (exact) mass is 256 g/mol. The van der Waals surface area contributed by atoms with Crippen molar-refractivity contribution in [2.75, 3.05) is 6.54 Å². The summed E-state index contributed by atoms with van der Waals surface area (Å²) < 4.78 is 25.8. The number of hydrogen-bond acceptors (Lipinski definition) is 2. The van der Waals surface area contributed by atoms with Crippen molar-refractivity contribution in [1.82, 2.24) is 5.32 Å². The number of rotatable bonds is 6. The number of carbonyl (C=O) groups is 1. The molecular weight excluding hydrogens is 238 g/mol. The van der Waals surface area contributed by atoms with Crippen LogP contribution in [0.3, 0.4) is 0 Å². The molecule has 0 radical (unpaired) electrons. The number of nitrogens with two attached hydrogens (primary N) is 1. The second kappa shape index (κ2) is 7.06. The summed E-state index contributed by atoms with van der Waals surface area (Å²) in [5.74, 6) is -1.45. The van der Waals surface area contributed by atoms with Crippen molar-refractivity contribution in [2.45, 2.75) is 32.2 Å². The summed E-state index contributed by atoms with van der Waals surface area (Å²) in [6, 6.07) is 2.81. The van der Waals surface area contributed by atoms with Crippen LogP contribution in [-0.4, -0.2) is 18.5 Å². The van der Waals surface area contributed by atoms with Crippen molar-refractivity contribution in [3.8, 4) is 0 Å². The van der Waals surface area contributed by atoms with Gasteiger partial charge in [-0.25, -0.2) is 8.78 Å². The number of carbonyl (C=O) groups excluding carboxylic acids is 1. The molecule has 1 rings (SSSR count). The summed E-state index contributed by atoms with van der Waals surface area (Å²) in [5, 5.41) is 2.65. The topological polar surface area (TPSA) is 55.1 Å². The fourth-order valence-corrected chi connectivity index (χ4v) is 1.66. The molecule has 1 amide bonds. The summed E-state index contributed by atoms with van der Waals surface area (Å²) in [6.07, 6.45) is 1.84. The van der Waals surface area contributed by atoms with Gasteiger partial charge in [0.25, 0.3) is 0 Å². The fourth-order valence-electron chi connectivity index (χ4n) is 1.66. The molecule has 100 valence electrons. The fraction of sp³-hybridized carbons (Fsp3) is 0.462. The van der Waals surface area contributed by atoms with E-state index in [1.807, 2.05) is 6.92 Å². The van der Waals surface area contributed by atoms with Gasteiger partial charge < -0.3 is 11.1 Å². The minimum absolute atomic E-state index is 0.228. The predicted octanol–water partition coefficient (Wildman–Crippen LogP) is 1.75. The first-order chi connectivity index (χ1) is 8.52. The lowest BCUT2D eigenvalue weighted by Gasteiger charge is -2.11. The van der Waals surface area contributed by atoms with Crippen LogP contribution < -0.4 is 11.1 Å². The zero-order valence-electron chi connectivity index (χ0n) is 10.4. The van der Waals surface area contributed by atoms with Gasteiger partial charge in [-0.2, -0.15) is 0 Å². The van der Waals surface area contributed by atoms with Crippen molar-refractivity contribution < 1.29 is 13.6 Å². The van der Waals surface area contributed by atoms with Crippen LogP contribution in [-0.2, 0) is 11.2 Å². The third-order valence-corrected chi connectivity index (χ3v) is 2.57. The van der Waals surface area contributed by atoms with Gasteiger partial charge in [0.1, 0.15) is 11.6 Å². The number of amides is 1. The Morgan fingerprint density at radius 3 is 2.50 bits per heavy atom. The molecule has 0 bridgehead atoms. The largest absolute Gasteiger partial charge is 0.354 e. The first-order valence-electron chi connectivity index (χ1n) is 6.01.